The molecule has 1 N–H and O–H groups in total. The molecule has 1 aromatic rings. The summed E-state index contributed by atoms with van der Waals surface area (Å²) in [7, 11) is 0. The lowest BCUT2D eigenvalue weighted by molar-refractivity contribution is 0.407. The summed E-state index contributed by atoms with van der Waals surface area (Å²) < 4.78 is 1.08. The van der Waals surface area contributed by atoms with E-state index in [4.69, 9.17) is 0 Å². The highest BCUT2D eigenvalue weighted by Crippen LogP contribution is 2.29. The summed E-state index contributed by atoms with van der Waals surface area (Å²) in [5.41, 5.74) is 1.33. The van der Waals surface area contributed by atoms with Gasteiger partial charge in [0.15, 0.2) is 0 Å². The molecule has 0 radical (unpaired) electrons. The summed E-state index contributed by atoms with van der Waals surface area (Å²) in [5, 5.41) is 3.63. The lowest BCUT2D eigenvalue weighted by Crippen LogP contribution is -2.31. The number of hydrogen-bond acceptors (Lipinski definition) is 2. The summed E-state index contributed by atoms with van der Waals surface area (Å²) in [6.07, 6.45) is 13.4. The van der Waals surface area contributed by atoms with Crippen molar-refractivity contribution in [3.63, 3.8) is 0 Å². The third-order valence-corrected chi connectivity index (χ3v) is 4.57. The summed E-state index contributed by atoms with van der Waals surface area (Å²) >= 11 is 3.50. The fourth-order valence-electron chi connectivity index (χ4n) is 3.15. The largest absolute Gasteiger partial charge is 0.314 e. The van der Waals surface area contributed by atoms with E-state index in [1.807, 2.05) is 12.4 Å². The molecule has 1 atom stereocenters. The van der Waals surface area contributed by atoms with Gasteiger partial charge >= 0.3 is 0 Å². The zero-order valence-electron chi connectivity index (χ0n) is 11.9. The van der Waals surface area contributed by atoms with Crippen LogP contribution >= 0.6 is 15.9 Å². The normalized spacial score (nSPS) is 17.8. The minimum absolute atomic E-state index is 0.599. The van der Waals surface area contributed by atoms with Gasteiger partial charge in [-0.3, -0.25) is 4.98 Å². The molecule has 0 aliphatic heterocycles. The minimum atomic E-state index is 0.599. The predicted molar refractivity (Wildman–Crippen MR) is 84.3 cm³/mol. The van der Waals surface area contributed by atoms with Crippen molar-refractivity contribution in [1.82, 2.24) is 10.3 Å². The van der Waals surface area contributed by atoms with Gasteiger partial charge in [0.1, 0.15) is 0 Å². The summed E-state index contributed by atoms with van der Waals surface area (Å²) in [6, 6.07) is 2.79. The van der Waals surface area contributed by atoms with Crippen LogP contribution in [0.25, 0.3) is 0 Å². The van der Waals surface area contributed by atoms with E-state index >= 15 is 0 Å². The molecule has 0 spiro atoms. The Morgan fingerprint density at radius 2 is 2.16 bits per heavy atom. The van der Waals surface area contributed by atoms with Crippen molar-refractivity contribution >= 4 is 15.9 Å². The molecule has 1 unspecified atom stereocenters. The second-order valence-corrected chi connectivity index (χ2v) is 6.61. The first-order valence-corrected chi connectivity index (χ1v) is 8.40. The van der Waals surface area contributed by atoms with Gasteiger partial charge in [-0.1, -0.05) is 32.6 Å². The number of halogens is 1. The molecular weight excluding hydrogens is 300 g/mol. The van der Waals surface area contributed by atoms with Crippen LogP contribution in [0.1, 0.15) is 51.0 Å². The van der Waals surface area contributed by atoms with Gasteiger partial charge in [0.25, 0.3) is 0 Å². The maximum Gasteiger partial charge on any atom is 0.0410 e. The van der Waals surface area contributed by atoms with Crippen LogP contribution in [0, 0.1) is 5.92 Å². The van der Waals surface area contributed by atoms with Gasteiger partial charge in [-0.25, -0.2) is 0 Å². The number of aromatic nitrogens is 1. The molecule has 0 bridgehead atoms. The molecule has 1 aromatic heterocycles. The van der Waals surface area contributed by atoms with E-state index in [9.17, 15) is 0 Å². The Balaban J connectivity index is 1.84. The molecule has 0 saturated heterocycles. The van der Waals surface area contributed by atoms with E-state index in [0.717, 1.165) is 23.4 Å². The van der Waals surface area contributed by atoms with Crippen molar-refractivity contribution in [1.29, 1.82) is 0 Å². The van der Waals surface area contributed by atoms with Crippen molar-refractivity contribution in [2.45, 2.75) is 57.9 Å². The smallest absolute Gasteiger partial charge is 0.0410 e. The van der Waals surface area contributed by atoms with Crippen molar-refractivity contribution in [2.24, 2.45) is 5.92 Å². The van der Waals surface area contributed by atoms with Crippen LogP contribution in [0.5, 0.6) is 0 Å². The van der Waals surface area contributed by atoms with Crippen molar-refractivity contribution in [3.05, 3.63) is 28.5 Å². The number of rotatable bonds is 7. The molecular formula is C16H25BrN2. The minimum Gasteiger partial charge on any atom is -0.314 e. The van der Waals surface area contributed by atoms with Crippen LogP contribution in [0.3, 0.4) is 0 Å². The number of likely N-dealkylation sites (N-methyl/N-ethyl adjacent to an activating group) is 1. The van der Waals surface area contributed by atoms with Gasteiger partial charge in [-0.05, 0) is 59.3 Å². The molecule has 1 saturated carbocycles. The lowest BCUT2D eigenvalue weighted by atomic mass is 9.95. The average molecular weight is 325 g/mol. The Hall–Kier alpha value is -0.410. The highest BCUT2D eigenvalue weighted by atomic mass is 79.9. The Morgan fingerprint density at radius 1 is 1.37 bits per heavy atom. The van der Waals surface area contributed by atoms with Crippen molar-refractivity contribution in [3.8, 4) is 0 Å². The summed E-state index contributed by atoms with van der Waals surface area (Å²) in [5.74, 6) is 0.988. The van der Waals surface area contributed by atoms with Crippen LogP contribution in [0.2, 0.25) is 0 Å². The quantitative estimate of drug-likeness (QED) is 0.807. The molecule has 2 nitrogen and oxygen atoms in total. The van der Waals surface area contributed by atoms with Crippen molar-refractivity contribution in [2.75, 3.05) is 6.54 Å². The zero-order valence-corrected chi connectivity index (χ0v) is 13.5. The molecule has 0 aromatic carbocycles. The van der Waals surface area contributed by atoms with E-state index < -0.39 is 0 Å². The number of nitrogens with zero attached hydrogens (tertiary/aromatic N) is 1. The SMILES string of the molecule is CCNC(CCC1CCCC1)Cc1cncc(Br)c1. The van der Waals surface area contributed by atoms with Crippen LogP contribution in [0.15, 0.2) is 22.9 Å². The predicted octanol–water partition coefficient (Wildman–Crippen LogP) is 4.34. The number of nitrogens with one attached hydrogen (secondary N) is 1. The molecule has 1 aliphatic rings. The lowest BCUT2D eigenvalue weighted by Gasteiger charge is -2.20. The molecule has 3 heteroatoms. The maximum atomic E-state index is 4.26. The van der Waals surface area contributed by atoms with E-state index in [0.29, 0.717) is 6.04 Å². The second-order valence-electron chi connectivity index (χ2n) is 5.70. The van der Waals surface area contributed by atoms with Gasteiger partial charge in [-0.15, -0.1) is 0 Å². The first-order chi connectivity index (χ1) is 9.28. The molecule has 1 aliphatic carbocycles. The highest BCUT2D eigenvalue weighted by Gasteiger charge is 2.17. The molecule has 1 fully saturated rings. The average Bonchev–Trinajstić information content (AvgIpc) is 2.89. The Kier molecular flexibility index (Phi) is 6.32. The van der Waals surface area contributed by atoms with Gasteiger partial charge in [0, 0.05) is 22.9 Å². The van der Waals surface area contributed by atoms with Crippen LogP contribution in [-0.2, 0) is 6.42 Å². The van der Waals surface area contributed by atoms with E-state index in [1.54, 1.807) is 0 Å². The third-order valence-electron chi connectivity index (χ3n) is 4.13. The Bertz CT molecular complexity index is 375. The maximum absolute atomic E-state index is 4.26. The highest BCUT2D eigenvalue weighted by molar-refractivity contribution is 9.10. The van der Waals surface area contributed by atoms with Gasteiger partial charge < -0.3 is 5.32 Å². The van der Waals surface area contributed by atoms with Gasteiger partial charge in [0.2, 0.25) is 0 Å². The number of hydrogen-bond donors (Lipinski definition) is 1. The fourth-order valence-corrected chi connectivity index (χ4v) is 3.57. The summed E-state index contributed by atoms with van der Waals surface area (Å²) in [6.45, 7) is 3.25. The van der Waals surface area contributed by atoms with Crippen molar-refractivity contribution < 1.29 is 0 Å². The third kappa shape index (κ3) is 5.23. The Morgan fingerprint density at radius 3 is 2.84 bits per heavy atom. The first kappa shape index (κ1) is 15.0. The zero-order chi connectivity index (χ0) is 13.5. The van der Waals surface area contributed by atoms with Gasteiger partial charge in [0.05, 0.1) is 0 Å². The van der Waals surface area contributed by atoms with E-state index in [-0.39, 0.29) is 0 Å². The molecule has 2 rings (SSSR count). The van der Waals surface area contributed by atoms with Crippen LogP contribution in [-0.4, -0.2) is 17.6 Å². The van der Waals surface area contributed by atoms with Crippen LogP contribution < -0.4 is 5.32 Å². The van der Waals surface area contributed by atoms with E-state index in [2.05, 4.69) is 39.2 Å². The van der Waals surface area contributed by atoms with Gasteiger partial charge in [-0.2, -0.15) is 0 Å². The first-order valence-electron chi connectivity index (χ1n) is 7.60. The monoisotopic (exact) mass is 324 g/mol. The fraction of sp³-hybridized carbons (Fsp3) is 0.688. The second kappa shape index (κ2) is 8.01. The number of pyridine rings is 1. The topological polar surface area (TPSA) is 24.9 Å². The Labute approximate surface area is 125 Å². The molecule has 19 heavy (non-hydrogen) atoms. The van der Waals surface area contributed by atoms with Crippen LogP contribution in [0.4, 0.5) is 0 Å². The summed E-state index contributed by atoms with van der Waals surface area (Å²) in [4.78, 5) is 4.26. The standard InChI is InChI=1S/C16H25BrN2/c1-2-19-16(8-7-13-5-3-4-6-13)10-14-9-15(17)12-18-11-14/h9,11-13,16,19H,2-8,10H2,1H3. The molecule has 106 valence electrons. The molecule has 0 amide bonds. The van der Waals surface area contributed by atoms with E-state index in [1.165, 1.54) is 44.1 Å². The molecule has 1 heterocycles.